The largest absolute Gasteiger partial charge is 0.369 e. The fourth-order valence-corrected chi connectivity index (χ4v) is 2.46. The molecular formula is C15H22ClN. The average Bonchev–Trinajstić information content (AvgIpc) is 3.10. The van der Waals surface area contributed by atoms with Crippen LogP contribution in [-0.2, 0) is 5.88 Å². The Kier molecular flexibility index (Phi) is 3.98. The Morgan fingerprint density at radius 1 is 1.35 bits per heavy atom. The zero-order valence-electron chi connectivity index (χ0n) is 11.0. The number of halogens is 1. The van der Waals surface area contributed by atoms with Crippen LogP contribution in [0.2, 0.25) is 0 Å². The van der Waals surface area contributed by atoms with Gasteiger partial charge in [0.25, 0.3) is 0 Å². The average molecular weight is 252 g/mol. The summed E-state index contributed by atoms with van der Waals surface area (Å²) in [6.07, 6.45) is 2.81. The fourth-order valence-electron chi connectivity index (χ4n) is 2.29. The molecule has 1 aromatic carbocycles. The van der Waals surface area contributed by atoms with Crippen LogP contribution in [0, 0.1) is 12.8 Å². The van der Waals surface area contributed by atoms with Gasteiger partial charge in [0, 0.05) is 24.2 Å². The van der Waals surface area contributed by atoms with Gasteiger partial charge in [-0.05, 0) is 56.7 Å². The van der Waals surface area contributed by atoms with Crippen LogP contribution in [0.4, 0.5) is 5.69 Å². The summed E-state index contributed by atoms with van der Waals surface area (Å²) in [7, 11) is 0. The highest BCUT2D eigenvalue weighted by Crippen LogP contribution is 2.33. The van der Waals surface area contributed by atoms with Crippen LogP contribution in [0.15, 0.2) is 18.2 Å². The Balaban J connectivity index is 2.21. The molecule has 2 heteroatoms. The SMILES string of the molecule is Cc1cc(CCl)ccc1N(CC1CC1)C(C)C. The van der Waals surface area contributed by atoms with Gasteiger partial charge in [-0.2, -0.15) is 0 Å². The first-order valence-corrected chi connectivity index (χ1v) is 7.07. The van der Waals surface area contributed by atoms with E-state index in [-0.39, 0.29) is 0 Å². The molecule has 1 aliphatic carbocycles. The van der Waals surface area contributed by atoms with E-state index in [0.29, 0.717) is 11.9 Å². The molecule has 0 aromatic heterocycles. The molecule has 0 spiro atoms. The lowest BCUT2D eigenvalue weighted by Crippen LogP contribution is -2.33. The van der Waals surface area contributed by atoms with Crippen molar-refractivity contribution in [1.82, 2.24) is 0 Å². The maximum Gasteiger partial charge on any atom is 0.0474 e. The fraction of sp³-hybridized carbons (Fsp3) is 0.600. The third-order valence-corrected chi connectivity index (χ3v) is 3.81. The smallest absolute Gasteiger partial charge is 0.0474 e. The second-order valence-corrected chi connectivity index (χ2v) is 5.71. The van der Waals surface area contributed by atoms with Crippen LogP contribution in [0.1, 0.15) is 37.8 Å². The zero-order valence-corrected chi connectivity index (χ0v) is 11.8. The molecule has 1 aliphatic rings. The van der Waals surface area contributed by atoms with Crippen molar-refractivity contribution in [2.45, 2.75) is 45.5 Å². The molecule has 1 nitrogen and oxygen atoms in total. The summed E-state index contributed by atoms with van der Waals surface area (Å²) in [5.74, 6) is 1.52. The number of anilines is 1. The van der Waals surface area contributed by atoms with Crippen molar-refractivity contribution >= 4 is 17.3 Å². The molecule has 1 saturated carbocycles. The monoisotopic (exact) mass is 251 g/mol. The summed E-state index contributed by atoms with van der Waals surface area (Å²) < 4.78 is 0. The Hall–Kier alpha value is -0.690. The summed E-state index contributed by atoms with van der Waals surface area (Å²) in [5, 5.41) is 0. The van der Waals surface area contributed by atoms with Gasteiger partial charge < -0.3 is 4.90 Å². The molecular weight excluding hydrogens is 230 g/mol. The van der Waals surface area contributed by atoms with Gasteiger partial charge in [-0.1, -0.05) is 12.1 Å². The van der Waals surface area contributed by atoms with E-state index in [2.05, 4.69) is 43.9 Å². The van der Waals surface area contributed by atoms with E-state index in [1.807, 2.05) is 0 Å². The molecule has 0 saturated heterocycles. The zero-order chi connectivity index (χ0) is 12.4. The van der Waals surface area contributed by atoms with E-state index in [9.17, 15) is 0 Å². The highest BCUT2D eigenvalue weighted by molar-refractivity contribution is 6.17. The maximum atomic E-state index is 5.87. The molecule has 94 valence electrons. The van der Waals surface area contributed by atoms with Gasteiger partial charge in [0.05, 0.1) is 0 Å². The molecule has 2 rings (SSSR count). The van der Waals surface area contributed by atoms with Crippen molar-refractivity contribution in [3.05, 3.63) is 29.3 Å². The maximum absolute atomic E-state index is 5.87. The summed E-state index contributed by atoms with van der Waals surface area (Å²) in [6, 6.07) is 7.16. The van der Waals surface area contributed by atoms with Gasteiger partial charge >= 0.3 is 0 Å². The van der Waals surface area contributed by atoms with Crippen molar-refractivity contribution in [1.29, 1.82) is 0 Å². The van der Waals surface area contributed by atoms with Crippen LogP contribution in [0.5, 0.6) is 0 Å². The van der Waals surface area contributed by atoms with E-state index < -0.39 is 0 Å². The lowest BCUT2D eigenvalue weighted by molar-refractivity contribution is 0.643. The van der Waals surface area contributed by atoms with Crippen LogP contribution >= 0.6 is 11.6 Å². The van der Waals surface area contributed by atoms with Crippen molar-refractivity contribution in [2.75, 3.05) is 11.4 Å². The van der Waals surface area contributed by atoms with Gasteiger partial charge in [0.2, 0.25) is 0 Å². The Bertz CT molecular complexity index is 383. The number of hydrogen-bond donors (Lipinski definition) is 0. The first-order valence-electron chi connectivity index (χ1n) is 6.54. The molecule has 1 fully saturated rings. The molecule has 0 amide bonds. The second-order valence-electron chi connectivity index (χ2n) is 5.44. The standard InChI is InChI=1S/C15H22ClN/c1-11(2)17(10-13-4-5-13)15-7-6-14(9-16)8-12(15)3/h6-8,11,13H,4-5,9-10H2,1-3H3. The Labute approximate surface area is 110 Å². The summed E-state index contributed by atoms with van der Waals surface area (Å²) in [5.41, 5.74) is 3.93. The first-order chi connectivity index (χ1) is 8.11. The second kappa shape index (κ2) is 5.30. The topological polar surface area (TPSA) is 3.24 Å². The first kappa shape index (κ1) is 12.8. The quantitative estimate of drug-likeness (QED) is 0.703. The number of benzene rings is 1. The van der Waals surface area contributed by atoms with Gasteiger partial charge in [-0.3, -0.25) is 0 Å². The lowest BCUT2D eigenvalue weighted by atomic mass is 10.1. The van der Waals surface area contributed by atoms with Crippen LogP contribution in [0.3, 0.4) is 0 Å². The molecule has 0 bridgehead atoms. The van der Waals surface area contributed by atoms with Crippen LogP contribution in [-0.4, -0.2) is 12.6 Å². The Morgan fingerprint density at radius 3 is 2.53 bits per heavy atom. The van der Waals surface area contributed by atoms with Crippen molar-refractivity contribution in [3.63, 3.8) is 0 Å². The van der Waals surface area contributed by atoms with E-state index in [4.69, 9.17) is 11.6 Å². The summed E-state index contributed by atoms with van der Waals surface area (Å²) >= 11 is 5.87. The van der Waals surface area contributed by atoms with Gasteiger partial charge in [0.15, 0.2) is 0 Å². The summed E-state index contributed by atoms with van der Waals surface area (Å²) in [4.78, 5) is 2.53. The van der Waals surface area contributed by atoms with Gasteiger partial charge in [-0.15, -0.1) is 11.6 Å². The highest BCUT2D eigenvalue weighted by atomic mass is 35.5. The van der Waals surface area contributed by atoms with Gasteiger partial charge in [0.1, 0.15) is 0 Å². The molecule has 0 aliphatic heterocycles. The predicted molar refractivity (Wildman–Crippen MR) is 75.9 cm³/mol. The lowest BCUT2D eigenvalue weighted by Gasteiger charge is -2.30. The number of alkyl halides is 1. The molecule has 0 unspecified atom stereocenters. The van der Waals surface area contributed by atoms with Crippen LogP contribution < -0.4 is 4.90 Å². The van der Waals surface area contributed by atoms with E-state index >= 15 is 0 Å². The van der Waals surface area contributed by atoms with E-state index in [1.54, 1.807) is 0 Å². The van der Waals surface area contributed by atoms with Crippen molar-refractivity contribution in [2.24, 2.45) is 5.92 Å². The van der Waals surface area contributed by atoms with Crippen molar-refractivity contribution in [3.8, 4) is 0 Å². The third-order valence-electron chi connectivity index (χ3n) is 3.50. The summed E-state index contributed by atoms with van der Waals surface area (Å²) in [6.45, 7) is 7.95. The number of aryl methyl sites for hydroxylation is 1. The highest BCUT2D eigenvalue weighted by Gasteiger charge is 2.26. The molecule has 1 aromatic rings. The number of nitrogens with zero attached hydrogens (tertiary/aromatic N) is 1. The molecule has 0 N–H and O–H groups in total. The minimum atomic E-state index is 0.566. The Morgan fingerprint density at radius 2 is 2.06 bits per heavy atom. The predicted octanol–water partition coefficient (Wildman–Crippen LogP) is 4.36. The minimum absolute atomic E-state index is 0.566. The molecule has 0 heterocycles. The van der Waals surface area contributed by atoms with Gasteiger partial charge in [-0.25, -0.2) is 0 Å². The van der Waals surface area contributed by atoms with E-state index in [0.717, 1.165) is 5.92 Å². The number of rotatable bonds is 5. The molecule has 17 heavy (non-hydrogen) atoms. The number of hydrogen-bond acceptors (Lipinski definition) is 1. The molecule has 0 atom stereocenters. The van der Waals surface area contributed by atoms with Crippen molar-refractivity contribution < 1.29 is 0 Å². The minimum Gasteiger partial charge on any atom is -0.369 e. The molecule has 0 radical (unpaired) electrons. The van der Waals surface area contributed by atoms with Crippen LogP contribution in [0.25, 0.3) is 0 Å². The third kappa shape index (κ3) is 3.16. The normalized spacial score (nSPS) is 15.4. The van der Waals surface area contributed by atoms with E-state index in [1.165, 1.54) is 36.2 Å².